The fourth-order valence-corrected chi connectivity index (χ4v) is 4.14. The van der Waals surface area contributed by atoms with E-state index in [1.54, 1.807) is 11.3 Å². The van der Waals surface area contributed by atoms with Gasteiger partial charge >= 0.3 is 0 Å². The number of carbonyl (C=O) groups excluding carboxylic acids is 1. The Morgan fingerprint density at radius 1 is 1.22 bits per heavy atom. The summed E-state index contributed by atoms with van der Waals surface area (Å²) >= 11 is 1.57. The van der Waals surface area contributed by atoms with Gasteiger partial charge in [0.1, 0.15) is 0 Å². The Morgan fingerprint density at radius 2 is 2.09 bits per heavy atom. The summed E-state index contributed by atoms with van der Waals surface area (Å²) in [4.78, 5) is 17.0. The van der Waals surface area contributed by atoms with Crippen LogP contribution in [0.4, 0.5) is 0 Å². The molecule has 0 radical (unpaired) electrons. The number of hydrogen-bond acceptors (Lipinski definition) is 4. The topological polar surface area (TPSA) is 32.8 Å². The van der Waals surface area contributed by atoms with Crippen molar-refractivity contribution in [2.24, 2.45) is 0 Å². The molecule has 0 saturated carbocycles. The molecule has 1 amide bonds. The average Bonchev–Trinajstić information content (AvgIpc) is 3.25. The summed E-state index contributed by atoms with van der Waals surface area (Å²) in [6.07, 6.45) is 0.134. The number of likely N-dealkylation sites (tertiary alicyclic amines) is 1. The molecule has 0 bridgehead atoms. The lowest BCUT2D eigenvalue weighted by Gasteiger charge is -2.36. The molecule has 2 aliphatic rings. The molecule has 4 rings (SSSR count). The first-order valence-electron chi connectivity index (χ1n) is 8.02. The molecular formula is C18H20N2O2S. The van der Waals surface area contributed by atoms with Crippen LogP contribution in [0.15, 0.2) is 47.2 Å². The van der Waals surface area contributed by atoms with Crippen LogP contribution in [-0.2, 0) is 11.3 Å². The zero-order valence-corrected chi connectivity index (χ0v) is 13.7. The molecule has 120 valence electrons. The molecule has 2 fully saturated rings. The van der Waals surface area contributed by atoms with Gasteiger partial charge in [-0.15, -0.1) is 0 Å². The lowest BCUT2D eigenvalue weighted by atomic mass is 10.1. The van der Waals surface area contributed by atoms with Crippen LogP contribution >= 0.6 is 11.3 Å². The monoisotopic (exact) mass is 328 g/mol. The van der Waals surface area contributed by atoms with E-state index >= 15 is 0 Å². The van der Waals surface area contributed by atoms with Crippen LogP contribution in [0.2, 0.25) is 0 Å². The number of amides is 1. The van der Waals surface area contributed by atoms with Crippen molar-refractivity contribution >= 4 is 17.2 Å². The highest BCUT2D eigenvalue weighted by molar-refractivity contribution is 7.08. The Kier molecular flexibility index (Phi) is 4.16. The van der Waals surface area contributed by atoms with Crippen molar-refractivity contribution in [1.29, 1.82) is 0 Å². The fourth-order valence-electron chi connectivity index (χ4n) is 3.51. The largest absolute Gasteiger partial charge is 0.373 e. The molecule has 2 aromatic rings. The number of hydrogen-bond donors (Lipinski definition) is 0. The van der Waals surface area contributed by atoms with Crippen molar-refractivity contribution < 1.29 is 9.53 Å². The maximum atomic E-state index is 12.6. The van der Waals surface area contributed by atoms with Gasteiger partial charge in [-0.3, -0.25) is 9.69 Å². The Hall–Kier alpha value is -1.69. The summed E-state index contributed by atoms with van der Waals surface area (Å²) in [6, 6.07) is 12.7. The maximum absolute atomic E-state index is 12.6. The number of thiophene rings is 1. The second-order valence-corrected chi connectivity index (χ2v) is 6.93. The van der Waals surface area contributed by atoms with Crippen molar-refractivity contribution in [3.63, 3.8) is 0 Å². The summed E-state index contributed by atoms with van der Waals surface area (Å²) in [6.45, 7) is 4.05. The number of morpholine rings is 1. The Balaban J connectivity index is 1.47. The van der Waals surface area contributed by atoms with Crippen LogP contribution in [0.1, 0.15) is 15.9 Å². The van der Waals surface area contributed by atoms with E-state index in [9.17, 15) is 4.79 Å². The quantitative estimate of drug-likeness (QED) is 0.868. The van der Waals surface area contributed by atoms with E-state index < -0.39 is 0 Å². The lowest BCUT2D eigenvalue weighted by molar-refractivity contribution is -0.0503. The molecule has 23 heavy (non-hydrogen) atoms. The molecule has 2 aliphatic heterocycles. The van der Waals surface area contributed by atoms with Gasteiger partial charge in [0.25, 0.3) is 5.91 Å². The van der Waals surface area contributed by atoms with E-state index in [0.717, 1.165) is 31.8 Å². The number of nitrogens with zero attached hydrogens (tertiary/aromatic N) is 2. The third kappa shape index (κ3) is 3.04. The SMILES string of the molecule is O=C(c1ccsc1)N1C[C@@H]2OCCN(Cc3ccccc3)[C@@H]2C1. The molecule has 3 heterocycles. The molecule has 1 aromatic carbocycles. The second kappa shape index (κ2) is 6.43. The van der Waals surface area contributed by atoms with Crippen LogP contribution < -0.4 is 0 Å². The molecule has 1 aromatic heterocycles. The van der Waals surface area contributed by atoms with Gasteiger partial charge in [0.05, 0.1) is 24.3 Å². The van der Waals surface area contributed by atoms with Crippen molar-refractivity contribution in [3.8, 4) is 0 Å². The predicted octanol–water partition coefficient (Wildman–Crippen LogP) is 2.47. The van der Waals surface area contributed by atoms with Gasteiger partial charge in [0, 0.05) is 31.6 Å². The second-order valence-electron chi connectivity index (χ2n) is 6.15. The average molecular weight is 328 g/mol. The number of carbonyl (C=O) groups is 1. The normalized spacial score (nSPS) is 24.6. The minimum Gasteiger partial charge on any atom is -0.373 e. The molecule has 0 spiro atoms. The molecule has 2 saturated heterocycles. The standard InChI is InChI=1S/C18H20N2O2S/c21-18(15-6-9-23-13-15)20-11-16-17(12-20)22-8-7-19(16)10-14-4-2-1-3-5-14/h1-6,9,13,16-17H,7-8,10-12H2/t16-,17+/m1/s1. The maximum Gasteiger partial charge on any atom is 0.254 e. The molecule has 0 unspecified atom stereocenters. The van der Waals surface area contributed by atoms with Crippen molar-refractivity contribution in [3.05, 3.63) is 58.3 Å². The smallest absolute Gasteiger partial charge is 0.254 e. The van der Waals surface area contributed by atoms with E-state index in [1.807, 2.05) is 27.8 Å². The summed E-state index contributed by atoms with van der Waals surface area (Å²) in [5.74, 6) is 0.129. The van der Waals surface area contributed by atoms with Crippen molar-refractivity contribution in [1.82, 2.24) is 9.80 Å². The van der Waals surface area contributed by atoms with Gasteiger partial charge < -0.3 is 9.64 Å². The Morgan fingerprint density at radius 3 is 2.87 bits per heavy atom. The molecule has 0 N–H and O–H groups in total. The first-order valence-corrected chi connectivity index (χ1v) is 8.96. The first kappa shape index (κ1) is 14.9. The summed E-state index contributed by atoms with van der Waals surface area (Å²) in [5.41, 5.74) is 2.11. The van der Waals surface area contributed by atoms with Gasteiger partial charge in [-0.25, -0.2) is 0 Å². The third-order valence-electron chi connectivity index (χ3n) is 4.70. The third-order valence-corrected chi connectivity index (χ3v) is 5.38. The summed E-state index contributed by atoms with van der Waals surface area (Å²) in [7, 11) is 0. The highest BCUT2D eigenvalue weighted by Gasteiger charge is 2.41. The highest BCUT2D eigenvalue weighted by Crippen LogP contribution is 2.26. The number of rotatable bonds is 3. The number of benzene rings is 1. The van der Waals surface area contributed by atoms with Crippen molar-refractivity contribution in [2.75, 3.05) is 26.2 Å². The van der Waals surface area contributed by atoms with E-state index in [2.05, 4.69) is 29.2 Å². The predicted molar refractivity (Wildman–Crippen MR) is 90.6 cm³/mol. The Labute approximate surface area is 140 Å². The molecule has 5 heteroatoms. The number of fused-ring (bicyclic) bond motifs is 1. The van der Waals surface area contributed by atoms with Gasteiger partial charge in [-0.05, 0) is 17.0 Å². The van der Waals surface area contributed by atoms with Crippen LogP contribution in [0.25, 0.3) is 0 Å². The summed E-state index contributed by atoms with van der Waals surface area (Å²) in [5, 5.41) is 3.88. The molecule has 0 aliphatic carbocycles. The zero-order valence-electron chi connectivity index (χ0n) is 12.9. The van der Waals surface area contributed by atoms with E-state index in [1.165, 1.54) is 5.56 Å². The van der Waals surface area contributed by atoms with Gasteiger partial charge in [0.15, 0.2) is 0 Å². The van der Waals surface area contributed by atoms with Crippen LogP contribution in [-0.4, -0.2) is 54.1 Å². The minimum absolute atomic E-state index is 0.129. The van der Waals surface area contributed by atoms with Crippen LogP contribution in [0, 0.1) is 0 Å². The van der Waals surface area contributed by atoms with E-state index in [4.69, 9.17) is 4.74 Å². The minimum atomic E-state index is 0.129. The molecule has 2 atom stereocenters. The molecular weight excluding hydrogens is 308 g/mol. The van der Waals surface area contributed by atoms with Gasteiger partial charge in [-0.1, -0.05) is 30.3 Å². The highest BCUT2D eigenvalue weighted by atomic mass is 32.1. The molecule has 4 nitrogen and oxygen atoms in total. The lowest BCUT2D eigenvalue weighted by Crippen LogP contribution is -2.50. The first-order chi connectivity index (χ1) is 11.3. The Bertz CT molecular complexity index is 659. The zero-order chi connectivity index (χ0) is 15.6. The van der Waals surface area contributed by atoms with Gasteiger partial charge in [-0.2, -0.15) is 11.3 Å². The fraction of sp³-hybridized carbons (Fsp3) is 0.389. The van der Waals surface area contributed by atoms with Crippen LogP contribution in [0.5, 0.6) is 0 Å². The van der Waals surface area contributed by atoms with E-state index in [0.29, 0.717) is 12.6 Å². The summed E-state index contributed by atoms with van der Waals surface area (Å²) < 4.78 is 5.93. The van der Waals surface area contributed by atoms with Gasteiger partial charge in [0.2, 0.25) is 0 Å². The van der Waals surface area contributed by atoms with Crippen molar-refractivity contribution in [2.45, 2.75) is 18.7 Å². The number of ether oxygens (including phenoxy) is 1. The van der Waals surface area contributed by atoms with E-state index in [-0.39, 0.29) is 12.0 Å². The van der Waals surface area contributed by atoms with Crippen LogP contribution in [0.3, 0.4) is 0 Å².